The van der Waals surface area contributed by atoms with Gasteiger partial charge >= 0.3 is 0 Å². The molecule has 6 heteroatoms. The standard InChI is InChI=1S/C32H40NO4P/c1-23-15-20-28-29(21-23)37-38(35,33(32(28,2)3)22-24-11-7-5-8-12-24)31(26-13-9-6-10-14-26)30(34)25-16-18-27(36-4)19-17-25/h5-14,16-19,23,28-31,34H,15,20-22H2,1-4H3/t23-,28-,29-,30-,31+,38+/m1/s1. The van der Waals surface area contributed by atoms with Gasteiger partial charge in [0, 0.05) is 18.0 Å². The number of ether oxygens (including phenoxy) is 1. The van der Waals surface area contributed by atoms with E-state index in [2.05, 4.69) is 37.6 Å². The first kappa shape index (κ1) is 27.1. The highest BCUT2D eigenvalue weighted by molar-refractivity contribution is 7.57. The molecule has 1 saturated carbocycles. The zero-order chi connectivity index (χ0) is 26.9. The Kier molecular flexibility index (Phi) is 7.84. The lowest BCUT2D eigenvalue weighted by atomic mass is 9.71. The smallest absolute Gasteiger partial charge is 0.283 e. The summed E-state index contributed by atoms with van der Waals surface area (Å²) in [6.07, 6.45) is 1.94. The van der Waals surface area contributed by atoms with Crippen LogP contribution in [-0.2, 0) is 15.6 Å². The minimum atomic E-state index is -3.65. The van der Waals surface area contributed by atoms with Crippen LogP contribution in [0, 0.1) is 11.8 Å². The fourth-order valence-electron chi connectivity index (χ4n) is 6.51. The maximum absolute atomic E-state index is 15.7. The molecule has 5 nitrogen and oxygen atoms in total. The molecule has 38 heavy (non-hydrogen) atoms. The highest BCUT2D eigenvalue weighted by Crippen LogP contribution is 2.73. The molecule has 1 saturated heterocycles. The quantitative estimate of drug-likeness (QED) is 0.314. The molecule has 3 aromatic carbocycles. The summed E-state index contributed by atoms with van der Waals surface area (Å²) in [5.74, 6) is 1.49. The lowest BCUT2D eigenvalue weighted by molar-refractivity contribution is -0.0553. The number of hydrogen-bond donors (Lipinski definition) is 1. The van der Waals surface area contributed by atoms with E-state index in [0.29, 0.717) is 23.8 Å². The van der Waals surface area contributed by atoms with Crippen LogP contribution in [0.4, 0.5) is 0 Å². The van der Waals surface area contributed by atoms with Crippen LogP contribution in [0.2, 0.25) is 0 Å². The molecular weight excluding hydrogens is 493 g/mol. The van der Waals surface area contributed by atoms with E-state index < -0.39 is 19.3 Å². The van der Waals surface area contributed by atoms with Crippen LogP contribution < -0.4 is 4.74 Å². The highest BCUT2D eigenvalue weighted by Gasteiger charge is 2.59. The number of benzene rings is 3. The fraction of sp³-hybridized carbons (Fsp3) is 0.438. The van der Waals surface area contributed by atoms with Gasteiger partial charge in [-0.15, -0.1) is 0 Å². The van der Waals surface area contributed by atoms with Crippen molar-refractivity contribution in [3.05, 3.63) is 102 Å². The predicted octanol–water partition coefficient (Wildman–Crippen LogP) is 7.78. The van der Waals surface area contributed by atoms with E-state index in [1.165, 1.54) is 0 Å². The van der Waals surface area contributed by atoms with Crippen molar-refractivity contribution < 1.29 is 18.9 Å². The van der Waals surface area contributed by atoms with Crippen LogP contribution in [-0.4, -0.2) is 28.5 Å². The van der Waals surface area contributed by atoms with Crippen molar-refractivity contribution in [3.63, 3.8) is 0 Å². The number of aliphatic hydroxyl groups is 1. The van der Waals surface area contributed by atoms with E-state index in [0.717, 1.165) is 30.4 Å². The van der Waals surface area contributed by atoms with Gasteiger partial charge in [0.25, 0.3) is 7.52 Å². The Morgan fingerprint density at radius 1 is 0.974 bits per heavy atom. The third-order valence-corrected chi connectivity index (χ3v) is 11.9. The van der Waals surface area contributed by atoms with Crippen molar-refractivity contribution in [1.29, 1.82) is 0 Å². The normalized spacial score (nSPS) is 28.7. The molecule has 1 aliphatic heterocycles. The van der Waals surface area contributed by atoms with Gasteiger partial charge in [-0.3, -0.25) is 4.57 Å². The number of hydrogen-bond acceptors (Lipinski definition) is 4. The fourth-order valence-corrected chi connectivity index (χ4v) is 9.98. The Bertz CT molecular complexity index is 1250. The van der Waals surface area contributed by atoms with Crippen molar-refractivity contribution in [1.82, 2.24) is 4.67 Å². The molecule has 6 atom stereocenters. The van der Waals surface area contributed by atoms with Crippen molar-refractivity contribution in [2.45, 2.75) is 70.0 Å². The molecule has 0 unspecified atom stereocenters. The van der Waals surface area contributed by atoms with Gasteiger partial charge < -0.3 is 14.4 Å². The second-order valence-corrected chi connectivity index (χ2v) is 13.9. The minimum absolute atomic E-state index is 0.110. The van der Waals surface area contributed by atoms with E-state index in [9.17, 15) is 5.11 Å². The van der Waals surface area contributed by atoms with E-state index in [1.54, 1.807) is 7.11 Å². The van der Waals surface area contributed by atoms with Gasteiger partial charge in [0.05, 0.1) is 19.3 Å². The Hall–Kier alpha value is -2.43. The lowest BCUT2D eigenvalue weighted by Gasteiger charge is -2.58. The number of rotatable bonds is 7. The van der Waals surface area contributed by atoms with Gasteiger partial charge in [-0.25, -0.2) is 4.67 Å². The highest BCUT2D eigenvalue weighted by atomic mass is 31.2. The van der Waals surface area contributed by atoms with Crippen molar-refractivity contribution in [2.24, 2.45) is 11.8 Å². The minimum Gasteiger partial charge on any atom is -0.497 e. The number of fused-ring (bicyclic) bond motifs is 1. The number of nitrogens with zero attached hydrogens (tertiary/aromatic N) is 1. The van der Waals surface area contributed by atoms with E-state index >= 15 is 4.57 Å². The second kappa shape index (κ2) is 11.0. The molecule has 0 bridgehead atoms. The van der Waals surface area contributed by atoms with Crippen LogP contribution >= 0.6 is 7.52 Å². The molecule has 0 amide bonds. The molecule has 3 aromatic rings. The maximum atomic E-state index is 15.7. The summed E-state index contributed by atoms with van der Waals surface area (Å²) in [5, 5.41) is 12.0. The summed E-state index contributed by atoms with van der Waals surface area (Å²) >= 11 is 0. The van der Waals surface area contributed by atoms with Crippen LogP contribution in [0.25, 0.3) is 0 Å². The van der Waals surface area contributed by atoms with E-state index in [4.69, 9.17) is 9.26 Å². The third kappa shape index (κ3) is 5.10. The average Bonchev–Trinajstić information content (AvgIpc) is 2.92. The lowest BCUT2D eigenvalue weighted by Crippen LogP contribution is -2.58. The van der Waals surface area contributed by atoms with Crippen LogP contribution in [0.15, 0.2) is 84.9 Å². The van der Waals surface area contributed by atoms with Crippen LogP contribution in [0.3, 0.4) is 0 Å². The van der Waals surface area contributed by atoms with Gasteiger partial charge in [-0.2, -0.15) is 0 Å². The van der Waals surface area contributed by atoms with Gasteiger partial charge in [0.2, 0.25) is 0 Å². The van der Waals surface area contributed by atoms with E-state index in [1.807, 2.05) is 72.8 Å². The Morgan fingerprint density at radius 3 is 2.24 bits per heavy atom. The summed E-state index contributed by atoms with van der Waals surface area (Å²) < 4.78 is 30.0. The zero-order valence-corrected chi connectivity index (χ0v) is 23.8. The topological polar surface area (TPSA) is 59.0 Å². The molecule has 2 aliphatic rings. The molecule has 0 spiro atoms. The first-order valence-electron chi connectivity index (χ1n) is 13.7. The van der Waals surface area contributed by atoms with Gasteiger partial charge in [0.1, 0.15) is 11.4 Å². The Labute approximate surface area is 227 Å². The monoisotopic (exact) mass is 533 g/mol. The summed E-state index contributed by atoms with van der Waals surface area (Å²) in [7, 11) is -2.02. The van der Waals surface area contributed by atoms with Crippen molar-refractivity contribution in [3.8, 4) is 5.75 Å². The average molecular weight is 534 g/mol. The van der Waals surface area contributed by atoms with Crippen molar-refractivity contribution in [2.75, 3.05) is 7.11 Å². The predicted molar refractivity (Wildman–Crippen MR) is 152 cm³/mol. The summed E-state index contributed by atoms with van der Waals surface area (Å²) in [5.41, 5.74) is 1.45. The molecule has 1 N–H and O–H groups in total. The summed E-state index contributed by atoms with van der Waals surface area (Å²) in [6.45, 7) is 7.19. The third-order valence-electron chi connectivity index (χ3n) is 8.67. The molecule has 1 heterocycles. The van der Waals surface area contributed by atoms with Gasteiger partial charge in [-0.1, -0.05) is 86.1 Å². The first-order chi connectivity index (χ1) is 18.2. The molecule has 0 radical (unpaired) electrons. The molecule has 1 aliphatic carbocycles. The molecule has 0 aromatic heterocycles. The SMILES string of the molecule is COc1ccc([C@@H](O)[C@H](c2ccccc2)[P@]2(=O)O[C@@H]3C[C@H](C)CC[C@H]3C(C)(C)N2Cc2ccccc2)cc1. The first-order valence-corrected chi connectivity index (χ1v) is 15.4. The Morgan fingerprint density at radius 2 is 1.61 bits per heavy atom. The van der Waals surface area contributed by atoms with Gasteiger partial charge in [-0.05, 0) is 61.4 Å². The van der Waals surface area contributed by atoms with Crippen LogP contribution in [0.5, 0.6) is 5.75 Å². The van der Waals surface area contributed by atoms with Crippen LogP contribution in [0.1, 0.15) is 68.5 Å². The maximum Gasteiger partial charge on any atom is 0.283 e. The molecule has 202 valence electrons. The summed E-state index contributed by atoms with van der Waals surface area (Å²) in [6, 6.07) is 27.3. The number of aliphatic hydroxyl groups excluding tert-OH is 1. The second-order valence-electron chi connectivity index (χ2n) is 11.5. The zero-order valence-electron chi connectivity index (χ0n) is 22.9. The van der Waals surface area contributed by atoms with Crippen molar-refractivity contribution >= 4 is 7.52 Å². The molecule has 5 rings (SSSR count). The van der Waals surface area contributed by atoms with E-state index in [-0.39, 0.29) is 17.6 Å². The number of methoxy groups -OCH3 is 1. The van der Waals surface area contributed by atoms with Gasteiger partial charge in [0.15, 0.2) is 0 Å². The molecule has 2 fully saturated rings. The summed E-state index contributed by atoms with van der Waals surface area (Å²) in [4.78, 5) is 0. The molecular formula is C32H40NO4P. The Balaban J connectivity index is 1.66. The largest absolute Gasteiger partial charge is 0.497 e.